The van der Waals surface area contributed by atoms with Crippen molar-refractivity contribution in [2.75, 3.05) is 38.3 Å². The Morgan fingerprint density at radius 2 is 2.00 bits per heavy atom. The van der Waals surface area contributed by atoms with E-state index in [1.165, 1.54) is 16.2 Å². The molecule has 0 aliphatic heterocycles. The van der Waals surface area contributed by atoms with Gasteiger partial charge in [-0.25, -0.2) is 0 Å². The van der Waals surface area contributed by atoms with Crippen LogP contribution in [-0.4, -0.2) is 38.5 Å². The van der Waals surface area contributed by atoms with Crippen molar-refractivity contribution in [3.05, 3.63) is 10.4 Å². The maximum atomic E-state index is 12.1. The smallest absolute Gasteiger partial charge is 0.265 e. The van der Waals surface area contributed by atoms with Crippen LogP contribution in [0.5, 0.6) is 0 Å². The molecule has 20 heavy (non-hydrogen) atoms. The number of nitrogen functional groups attached to an aromatic ring is 1. The van der Waals surface area contributed by atoms with Crippen molar-refractivity contribution in [3.63, 3.8) is 0 Å². The number of anilines is 2. The SMILES string of the molecule is CC(C)CCN(C)c1sc(C(=O)N(C)C)c(N)c1C#N. The van der Waals surface area contributed by atoms with Gasteiger partial charge in [-0.2, -0.15) is 5.26 Å². The van der Waals surface area contributed by atoms with Crippen LogP contribution >= 0.6 is 11.3 Å². The second-order valence-corrected chi connectivity index (χ2v) is 6.44. The summed E-state index contributed by atoms with van der Waals surface area (Å²) in [5.41, 5.74) is 6.66. The predicted molar refractivity (Wildman–Crippen MR) is 84.2 cm³/mol. The van der Waals surface area contributed by atoms with Crippen molar-refractivity contribution in [2.24, 2.45) is 5.92 Å². The molecular weight excluding hydrogens is 272 g/mol. The Balaban J connectivity index is 3.12. The van der Waals surface area contributed by atoms with Crippen LogP contribution in [0.4, 0.5) is 10.7 Å². The lowest BCUT2D eigenvalue weighted by atomic mass is 10.1. The molecule has 2 N–H and O–H groups in total. The molecule has 0 spiro atoms. The van der Waals surface area contributed by atoms with E-state index in [9.17, 15) is 10.1 Å². The lowest BCUT2D eigenvalue weighted by Crippen LogP contribution is -2.21. The second-order valence-electron chi connectivity index (χ2n) is 5.44. The topological polar surface area (TPSA) is 73.4 Å². The molecular formula is C14H22N4OS. The fraction of sp³-hybridized carbons (Fsp3) is 0.571. The van der Waals surface area contributed by atoms with Crippen LogP contribution in [-0.2, 0) is 0 Å². The maximum absolute atomic E-state index is 12.1. The molecule has 5 nitrogen and oxygen atoms in total. The highest BCUT2D eigenvalue weighted by molar-refractivity contribution is 7.19. The van der Waals surface area contributed by atoms with Gasteiger partial charge in [0.25, 0.3) is 5.91 Å². The summed E-state index contributed by atoms with van der Waals surface area (Å²) in [6.45, 7) is 5.15. The summed E-state index contributed by atoms with van der Waals surface area (Å²) in [5, 5.41) is 10.1. The third-order valence-corrected chi connectivity index (χ3v) is 4.34. The van der Waals surface area contributed by atoms with Crippen LogP contribution in [0.15, 0.2) is 0 Å². The van der Waals surface area contributed by atoms with Gasteiger partial charge < -0.3 is 15.5 Å². The number of amides is 1. The number of carbonyl (C=O) groups excluding carboxylic acids is 1. The number of nitrogens with zero attached hydrogens (tertiary/aromatic N) is 3. The van der Waals surface area contributed by atoms with E-state index in [1.54, 1.807) is 14.1 Å². The third kappa shape index (κ3) is 3.42. The summed E-state index contributed by atoms with van der Waals surface area (Å²) in [6.07, 6.45) is 1.02. The highest BCUT2D eigenvalue weighted by Gasteiger charge is 2.24. The Morgan fingerprint density at radius 3 is 2.45 bits per heavy atom. The van der Waals surface area contributed by atoms with Crippen LogP contribution < -0.4 is 10.6 Å². The summed E-state index contributed by atoms with van der Waals surface area (Å²) in [7, 11) is 5.28. The number of rotatable bonds is 5. The maximum Gasteiger partial charge on any atom is 0.265 e. The van der Waals surface area contributed by atoms with Gasteiger partial charge in [0.2, 0.25) is 0 Å². The normalized spacial score (nSPS) is 10.4. The average Bonchev–Trinajstić information content (AvgIpc) is 2.71. The van der Waals surface area contributed by atoms with Crippen molar-refractivity contribution >= 4 is 27.9 Å². The van der Waals surface area contributed by atoms with Gasteiger partial charge in [-0.05, 0) is 12.3 Å². The summed E-state index contributed by atoms with van der Waals surface area (Å²) in [6, 6.07) is 2.12. The molecule has 1 aromatic rings. The monoisotopic (exact) mass is 294 g/mol. The molecule has 0 aromatic carbocycles. The van der Waals surface area contributed by atoms with Gasteiger partial charge in [0, 0.05) is 27.7 Å². The van der Waals surface area contributed by atoms with E-state index < -0.39 is 0 Å². The van der Waals surface area contributed by atoms with E-state index in [0.29, 0.717) is 22.0 Å². The first-order valence-electron chi connectivity index (χ1n) is 6.54. The number of nitriles is 1. The minimum absolute atomic E-state index is 0.160. The summed E-state index contributed by atoms with van der Waals surface area (Å²) in [5.74, 6) is 0.427. The van der Waals surface area contributed by atoms with Crippen molar-refractivity contribution in [3.8, 4) is 6.07 Å². The number of hydrogen-bond donors (Lipinski definition) is 1. The van der Waals surface area contributed by atoms with Crippen molar-refractivity contribution < 1.29 is 4.79 Å². The Labute approximate surface area is 124 Å². The molecule has 0 unspecified atom stereocenters. The number of nitrogens with two attached hydrogens (primary N) is 1. The van der Waals surface area contributed by atoms with E-state index >= 15 is 0 Å². The lowest BCUT2D eigenvalue weighted by Gasteiger charge is -2.18. The van der Waals surface area contributed by atoms with Gasteiger partial charge in [-0.1, -0.05) is 13.8 Å². The quantitative estimate of drug-likeness (QED) is 0.905. The zero-order valence-corrected chi connectivity index (χ0v) is 13.5. The molecule has 0 saturated carbocycles. The van der Waals surface area contributed by atoms with E-state index in [1.807, 2.05) is 11.9 Å². The molecule has 0 aliphatic rings. The molecule has 110 valence electrons. The Kier molecular flexibility index (Phi) is 5.40. The van der Waals surface area contributed by atoms with Crippen LogP contribution in [0.3, 0.4) is 0 Å². The van der Waals surface area contributed by atoms with E-state index in [2.05, 4.69) is 19.9 Å². The first-order valence-corrected chi connectivity index (χ1v) is 7.36. The third-order valence-electron chi connectivity index (χ3n) is 3.03. The van der Waals surface area contributed by atoms with Crippen molar-refractivity contribution in [2.45, 2.75) is 20.3 Å². The van der Waals surface area contributed by atoms with E-state index in [4.69, 9.17) is 5.73 Å². The van der Waals surface area contributed by atoms with Gasteiger partial charge in [0.1, 0.15) is 21.5 Å². The largest absolute Gasteiger partial charge is 0.396 e. The lowest BCUT2D eigenvalue weighted by molar-refractivity contribution is 0.0833. The van der Waals surface area contributed by atoms with Gasteiger partial charge in [0.15, 0.2) is 0 Å². The Hall–Kier alpha value is -1.74. The van der Waals surface area contributed by atoms with Gasteiger partial charge in [-0.15, -0.1) is 11.3 Å². The minimum atomic E-state index is -0.160. The molecule has 1 amide bonds. The molecule has 0 bridgehead atoms. The van der Waals surface area contributed by atoms with E-state index in [0.717, 1.165) is 18.0 Å². The summed E-state index contributed by atoms with van der Waals surface area (Å²) < 4.78 is 0. The molecule has 0 atom stereocenters. The molecule has 0 aliphatic carbocycles. The average molecular weight is 294 g/mol. The Morgan fingerprint density at radius 1 is 1.40 bits per heavy atom. The van der Waals surface area contributed by atoms with Crippen LogP contribution in [0.1, 0.15) is 35.5 Å². The highest BCUT2D eigenvalue weighted by atomic mass is 32.1. The van der Waals surface area contributed by atoms with Crippen LogP contribution in [0, 0.1) is 17.2 Å². The Bertz CT molecular complexity index is 528. The molecule has 0 radical (unpaired) electrons. The molecule has 1 rings (SSSR count). The molecule has 6 heteroatoms. The van der Waals surface area contributed by atoms with Gasteiger partial charge in [0.05, 0.1) is 5.69 Å². The molecule has 1 heterocycles. The predicted octanol–water partition coefficient (Wildman–Crippen LogP) is 2.39. The van der Waals surface area contributed by atoms with Crippen molar-refractivity contribution in [1.82, 2.24) is 4.90 Å². The fourth-order valence-electron chi connectivity index (χ4n) is 1.72. The van der Waals surface area contributed by atoms with Crippen molar-refractivity contribution in [1.29, 1.82) is 5.26 Å². The van der Waals surface area contributed by atoms with Crippen LogP contribution in [0.25, 0.3) is 0 Å². The van der Waals surface area contributed by atoms with Gasteiger partial charge in [-0.3, -0.25) is 4.79 Å². The first-order chi connectivity index (χ1) is 9.29. The summed E-state index contributed by atoms with van der Waals surface area (Å²) >= 11 is 1.29. The number of hydrogen-bond acceptors (Lipinski definition) is 5. The molecule has 0 saturated heterocycles. The number of carbonyl (C=O) groups is 1. The highest BCUT2D eigenvalue weighted by Crippen LogP contribution is 2.37. The molecule has 0 fully saturated rings. The zero-order chi connectivity index (χ0) is 15.4. The first kappa shape index (κ1) is 16.3. The second kappa shape index (κ2) is 6.62. The van der Waals surface area contributed by atoms with Gasteiger partial charge >= 0.3 is 0 Å². The zero-order valence-electron chi connectivity index (χ0n) is 12.7. The van der Waals surface area contributed by atoms with Crippen LogP contribution in [0.2, 0.25) is 0 Å². The fourth-order valence-corrected chi connectivity index (χ4v) is 2.90. The number of thiophene rings is 1. The van der Waals surface area contributed by atoms with E-state index in [-0.39, 0.29) is 5.91 Å². The minimum Gasteiger partial charge on any atom is -0.396 e. The summed E-state index contributed by atoms with van der Waals surface area (Å²) in [4.78, 5) is 16.0. The molecule has 1 aromatic heterocycles. The standard InChI is InChI=1S/C14H22N4OS/c1-9(2)6-7-18(5)14-10(8-15)11(16)12(20-14)13(19)17(3)4/h9H,6-7,16H2,1-5H3.